The molecule has 4 heteroatoms. The topological polar surface area (TPSA) is 38.8 Å². The minimum absolute atomic E-state index is 0.205. The van der Waals surface area contributed by atoms with E-state index in [0.717, 1.165) is 5.56 Å². The lowest BCUT2D eigenvalue weighted by Crippen LogP contribution is -2.41. The van der Waals surface area contributed by atoms with E-state index >= 15 is 0 Å². The maximum absolute atomic E-state index is 12.3. The van der Waals surface area contributed by atoms with Crippen molar-refractivity contribution in [2.24, 2.45) is 0 Å². The minimum Gasteiger partial charge on any atom is -0.465 e. The van der Waals surface area contributed by atoms with E-state index in [0.29, 0.717) is 19.8 Å². The zero-order chi connectivity index (χ0) is 15.0. The quantitative estimate of drug-likeness (QED) is 0.686. The van der Waals surface area contributed by atoms with Crippen LogP contribution in [0.3, 0.4) is 0 Å². The molecule has 0 radical (unpaired) electrons. The number of ether oxygens (including phenoxy) is 2. The van der Waals surface area contributed by atoms with Gasteiger partial charge in [-0.2, -0.15) is 0 Å². The monoisotopic (exact) mass is 279 g/mol. The van der Waals surface area contributed by atoms with E-state index in [-0.39, 0.29) is 18.1 Å². The van der Waals surface area contributed by atoms with E-state index in [1.807, 2.05) is 37.3 Å². The summed E-state index contributed by atoms with van der Waals surface area (Å²) in [6, 6.07) is 9.59. The SMILES string of the molecule is CCOC(=O)C(c1ccccc1)N(CCOC)C(C)C. The molecule has 0 saturated heterocycles. The Morgan fingerprint density at radius 2 is 1.90 bits per heavy atom. The van der Waals surface area contributed by atoms with Gasteiger partial charge < -0.3 is 9.47 Å². The lowest BCUT2D eigenvalue weighted by atomic mass is 10.0. The number of benzene rings is 1. The third-order valence-electron chi connectivity index (χ3n) is 3.17. The first kappa shape index (κ1) is 16.7. The van der Waals surface area contributed by atoms with Crippen molar-refractivity contribution >= 4 is 5.97 Å². The predicted molar refractivity (Wildman–Crippen MR) is 79.5 cm³/mol. The van der Waals surface area contributed by atoms with Gasteiger partial charge >= 0.3 is 5.97 Å². The molecular weight excluding hydrogens is 254 g/mol. The van der Waals surface area contributed by atoms with Crippen molar-refractivity contribution in [1.29, 1.82) is 0 Å². The molecule has 0 saturated carbocycles. The fraction of sp³-hybridized carbons (Fsp3) is 0.562. The Bertz CT molecular complexity index is 392. The zero-order valence-corrected chi connectivity index (χ0v) is 12.8. The highest BCUT2D eigenvalue weighted by Gasteiger charge is 2.30. The number of carbonyl (C=O) groups is 1. The van der Waals surface area contributed by atoms with Gasteiger partial charge in [0, 0.05) is 19.7 Å². The van der Waals surface area contributed by atoms with Crippen LogP contribution in [0.15, 0.2) is 30.3 Å². The highest BCUT2D eigenvalue weighted by molar-refractivity contribution is 5.77. The third kappa shape index (κ3) is 4.62. The number of esters is 1. The zero-order valence-electron chi connectivity index (χ0n) is 12.8. The number of hydrogen-bond donors (Lipinski definition) is 0. The van der Waals surface area contributed by atoms with Gasteiger partial charge in [0.15, 0.2) is 0 Å². The molecule has 0 N–H and O–H groups in total. The van der Waals surface area contributed by atoms with Gasteiger partial charge in [0.25, 0.3) is 0 Å². The molecule has 0 aliphatic carbocycles. The molecule has 0 spiro atoms. The lowest BCUT2D eigenvalue weighted by molar-refractivity contribution is -0.151. The predicted octanol–water partition coefficient (Wildman–Crippen LogP) is 2.65. The number of hydrogen-bond acceptors (Lipinski definition) is 4. The van der Waals surface area contributed by atoms with Gasteiger partial charge in [0.2, 0.25) is 0 Å². The second-order valence-corrected chi connectivity index (χ2v) is 4.89. The molecule has 1 rings (SSSR count). The van der Waals surface area contributed by atoms with Crippen LogP contribution in [0.4, 0.5) is 0 Å². The van der Waals surface area contributed by atoms with Crippen molar-refractivity contribution in [2.45, 2.75) is 32.9 Å². The Hall–Kier alpha value is -1.39. The Kier molecular flexibility index (Phi) is 7.26. The molecule has 0 fully saturated rings. The molecule has 112 valence electrons. The summed E-state index contributed by atoms with van der Waals surface area (Å²) in [5, 5.41) is 0. The molecule has 0 amide bonds. The number of rotatable bonds is 8. The Morgan fingerprint density at radius 3 is 2.40 bits per heavy atom. The average Bonchev–Trinajstić information content (AvgIpc) is 2.44. The largest absolute Gasteiger partial charge is 0.465 e. The Labute approximate surface area is 121 Å². The van der Waals surface area contributed by atoms with E-state index < -0.39 is 0 Å². The molecule has 0 aliphatic rings. The summed E-state index contributed by atoms with van der Waals surface area (Å²) in [7, 11) is 1.67. The van der Waals surface area contributed by atoms with Crippen molar-refractivity contribution < 1.29 is 14.3 Å². The molecule has 0 bridgehead atoms. The van der Waals surface area contributed by atoms with Crippen molar-refractivity contribution in [1.82, 2.24) is 4.90 Å². The third-order valence-corrected chi connectivity index (χ3v) is 3.17. The average molecular weight is 279 g/mol. The van der Waals surface area contributed by atoms with Gasteiger partial charge in [-0.1, -0.05) is 30.3 Å². The van der Waals surface area contributed by atoms with Crippen molar-refractivity contribution in [3.05, 3.63) is 35.9 Å². The molecule has 0 aliphatic heterocycles. The maximum atomic E-state index is 12.3. The van der Waals surface area contributed by atoms with Gasteiger partial charge in [-0.15, -0.1) is 0 Å². The van der Waals surface area contributed by atoms with Crippen molar-refractivity contribution in [2.75, 3.05) is 26.9 Å². The molecule has 1 aromatic rings. The molecule has 0 aromatic heterocycles. The van der Waals surface area contributed by atoms with E-state index in [2.05, 4.69) is 18.7 Å². The van der Waals surface area contributed by atoms with Gasteiger partial charge in [-0.05, 0) is 26.3 Å². The van der Waals surface area contributed by atoms with Gasteiger partial charge in [0.05, 0.1) is 13.2 Å². The molecule has 1 unspecified atom stereocenters. The summed E-state index contributed by atoms with van der Waals surface area (Å²) >= 11 is 0. The second-order valence-electron chi connectivity index (χ2n) is 4.89. The van der Waals surface area contributed by atoms with E-state index in [1.54, 1.807) is 7.11 Å². The van der Waals surface area contributed by atoms with Crippen LogP contribution in [0.25, 0.3) is 0 Å². The van der Waals surface area contributed by atoms with Gasteiger partial charge in [-0.3, -0.25) is 4.90 Å². The van der Waals surface area contributed by atoms with Crippen LogP contribution in [-0.4, -0.2) is 43.8 Å². The fourth-order valence-electron chi connectivity index (χ4n) is 2.20. The summed E-state index contributed by atoms with van der Waals surface area (Å²) in [5.74, 6) is -0.205. The summed E-state index contributed by atoms with van der Waals surface area (Å²) in [6.07, 6.45) is 0. The van der Waals surface area contributed by atoms with Crippen molar-refractivity contribution in [3.63, 3.8) is 0 Å². The fourth-order valence-corrected chi connectivity index (χ4v) is 2.20. The highest BCUT2D eigenvalue weighted by Crippen LogP contribution is 2.24. The van der Waals surface area contributed by atoms with Crippen LogP contribution in [0, 0.1) is 0 Å². The highest BCUT2D eigenvalue weighted by atomic mass is 16.5. The van der Waals surface area contributed by atoms with E-state index in [9.17, 15) is 4.79 Å². The summed E-state index contributed by atoms with van der Waals surface area (Å²) < 4.78 is 10.4. The lowest BCUT2D eigenvalue weighted by Gasteiger charge is -2.33. The van der Waals surface area contributed by atoms with Gasteiger partial charge in [0.1, 0.15) is 6.04 Å². The van der Waals surface area contributed by atoms with Crippen LogP contribution >= 0.6 is 0 Å². The molecule has 20 heavy (non-hydrogen) atoms. The van der Waals surface area contributed by atoms with Crippen molar-refractivity contribution in [3.8, 4) is 0 Å². The first-order chi connectivity index (χ1) is 9.61. The Balaban J connectivity index is 3.04. The summed E-state index contributed by atoms with van der Waals surface area (Å²) in [4.78, 5) is 14.5. The second kappa shape index (κ2) is 8.72. The number of nitrogens with zero attached hydrogens (tertiary/aromatic N) is 1. The molecule has 1 atom stereocenters. The molecule has 1 aromatic carbocycles. The molecular formula is C16H25NO3. The maximum Gasteiger partial charge on any atom is 0.328 e. The molecule has 4 nitrogen and oxygen atoms in total. The molecule has 0 heterocycles. The summed E-state index contributed by atoms with van der Waals surface area (Å²) in [6.45, 7) is 7.64. The van der Waals surface area contributed by atoms with Crippen LogP contribution < -0.4 is 0 Å². The number of carbonyl (C=O) groups excluding carboxylic acids is 1. The minimum atomic E-state index is -0.383. The van der Waals surface area contributed by atoms with Gasteiger partial charge in [-0.25, -0.2) is 4.79 Å². The van der Waals surface area contributed by atoms with Crippen LogP contribution in [-0.2, 0) is 14.3 Å². The summed E-state index contributed by atoms with van der Waals surface area (Å²) in [5.41, 5.74) is 0.954. The van der Waals surface area contributed by atoms with Crippen LogP contribution in [0.2, 0.25) is 0 Å². The van der Waals surface area contributed by atoms with Crippen LogP contribution in [0.1, 0.15) is 32.4 Å². The van der Waals surface area contributed by atoms with E-state index in [1.165, 1.54) is 0 Å². The number of methoxy groups -OCH3 is 1. The van der Waals surface area contributed by atoms with E-state index in [4.69, 9.17) is 9.47 Å². The standard InChI is InChI=1S/C16H25NO3/c1-5-20-16(18)15(14-9-7-6-8-10-14)17(13(2)3)11-12-19-4/h6-10,13,15H,5,11-12H2,1-4H3. The first-order valence-corrected chi connectivity index (χ1v) is 7.08. The van der Waals surface area contributed by atoms with Crippen LogP contribution in [0.5, 0.6) is 0 Å². The Morgan fingerprint density at radius 1 is 1.25 bits per heavy atom. The first-order valence-electron chi connectivity index (χ1n) is 7.08. The normalized spacial score (nSPS) is 12.7. The smallest absolute Gasteiger partial charge is 0.328 e.